The van der Waals surface area contributed by atoms with Gasteiger partial charge in [-0.05, 0) is 56.9 Å². The molecule has 0 bridgehead atoms. The van der Waals surface area contributed by atoms with E-state index in [4.69, 9.17) is 23.2 Å². The molecular weight excluding hydrogens is 439 g/mol. The van der Waals surface area contributed by atoms with Crippen molar-refractivity contribution in [3.05, 3.63) is 57.1 Å². The van der Waals surface area contributed by atoms with Crippen LogP contribution in [0.5, 0.6) is 0 Å². The van der Waals surface area contributed by atoms with Gasteiger partial charge in [0.2, 0.25) is 10.8 Å². The Balaban J connectivity index is 1.81. The number of nitrogens with zero attached hydrogens (tertiary/aromatic N) is 2. The highest BCUT2D eigenvalue weighted by molar-refractivity contribution is 8.02. The second kappa shape index (κ2) is 6.41. The van der Waals surface area contributed by atoms with Crippen molar-refractivity contribution in [3.63, 3.8) is 0 Å². The van der Waals surface area contributed by atoms with Crippen molar-refractivity contribution in [2.24, 2.45) is 0 Å². The molecule has 156 valence electrons. The molecule has 0 unspecified atom stereocenters. The number of carbonyl (C=O) groups is 2. The number of benzene rings is 2. The van der Waals surface area contributed by atoms with Gasteiger partial charge in [0.1, 0.15) is 0 Å². The summed E-state index contributed by atoms with van der Waals surface area (Å²) in [5.74, 6) is 0.405. The number of hydrogen-bond acceptors (Lipinski definition) is 3. The molecular formula is C23H22Cl2N2O2S. The standard InChI is InChI=1S/C23H22Cl2N2O2S/c1-12-7-15-13(2)10-22(3,4)27-20(15)16(8-12)23(21(27)29)26(19(28)11-30-23)14-5-6-17(24)18(25)9-14/h5-9,13H,10-11H2,1-4H3/t13-,23-/m1/s1. The van der Waals surface area contributed by atoms with E-state index >= 15 is 0 Å². The Hall–Kier alpha value is -1.69. The molecule has 2 amide bonds. The minimum absolute atomic E-state index is 0.0526. The number of carbonyl (C=O) groups excluding carboxylic acids is 2. The van der Waals surface area contributed by atoms with Crippen LogP contribution in [0, 0.1) is 6.92 Å². The summed E-state index contributed by atoms with van der Waals surface area (Å²) in [4.78, 5) is 29.8. The van der Waals surface area contributed by atoms with Gasteiger partial charge in [-0.25, -0.2) is 0 Å². The Morgan fingerprint density at radius 1 is 1.07 bits per heavy atom. The third-order valence-corrected chi connectivity index (χ3v) is 8.56. The molecule has 1 spiro atoms. The third-order valence-electron chi connectivity index (χ3n) is 6.44. The van der Waals surface area contributed by atoms with E-state index in [0.29, 0.717) is 21.7 Å². The van der Waals surface area contributed by atoms with E-state index in [2.05, 4.69) is 39.8 Å². The number of rotatable bonds is 1. The number of anilines is 2. The maximum absolute atomic E-state index is 14.2. The second-order valence-electron chi connectivity index (χ2n) is 9.07. The van der Waals surface area contributed by atoms with E-state index in [-0.39, 0.29) is 23.1 Å². The van der Waals surface area contributed by atoms with E-state index < -0.39 is 4.87 Å². The van der Waals surface area contributed by atoms with Crippen molar-refractivity contribution in [1.29, 1.82) is 0 Å². The predicted molar refractivity (Wildman–Crippen MR) is 124 cm³/mol. The summed E-state index contributed by atoms with van der Waals surface area (Å²) in [6.45, 7) is 8.48. The lowest BCUT2D eigenvalue weighted by molar-refractivity contribution is -0.124. The van der Waals surface area contributed by atoms with Gasteiger partial charge in [-0.2, -0.15) is 0 Å². The van der Waals surface area contributed by atoms with E-state index in [1.165, 1.54) is 17.3 Å². The molecule has 0 aromatic heterocycles. The minimum atomic E-state index is -1.12. The first-order chi connectivity index (χ1) is 14.1. The summed E-state index contributed by atoms with van der Waals surface area (Å²) in [5.41, 5.74) is 4.41. The van der Waals surface area contributed by atoms with Crippen molar-refractivity contribution in [3.8, 4) is 0 Å². The van der Waals surface area contributed by atoms with Gasteiger partial charge in [0, 0.05) is 16.8 Å². The highest BCUT2D eigenvalue weighted by Gasteiger charge is 2.64. The van der Waals surface area contributed by atoms with Gasteiger partial charge in [-0.1, -0.05) is 47.8 Å². The van der Waals surface area contributed by atoms with Gasteiger partial charge in [-0.15, -0.1) is 11.8 Å². The number of hydrogen-bond donors (Lipinski definition) is 0. The highest BCUT2D eigenvalue weighted by atomic mass is 35.5. The van der Waals surface area contributed by atoms with Crippen molar-refractivity contribution in [1.82, 2.24) is 0 Å². The van der Waals surface area contributed by atoms with Gasteiger partial charge >= 0.3 is 0 Å². The smallest absolute Gasteiger partial charge is 0.269 e. The molecule has 5 rings (SSSR count). The molecule has 1 saturated heterocycles. The summed E-state index contributed by atoms with van der Waals surface area (Å²) in [6, 6.07) is 9.37. The second-order valence-corrected chi connectivity index (χ2v) is 11.1. The van der Waals surface area contributed by atoms with Crippen molar-refractivity contribution in [2.75, 3.05) is 15.6 Å². The Morgan fingerprint density at radius 2 is 1.80 bits per heavy atom. The fourth-order valence-corrected chi connectivity index (χ4v) is 6.98. The van der Waals surface area contributed by atoms with Gasteiger partial charge in [0.05, 0.1) is 21.5 Å². The van der Waals surface area contributed by atoms with Crippen LogP contribution < -0.4 is 9.80 Å². The Kier molecular flexibility index (Phi) is 4.32. The van der Waals surface area contributed by atoms with Crippen LogP contribution in [-0.4, -0.2) is 23.1 Å². The van der Waals surface area contributed by atoms with Crippen LogP contribution in [0.4, 0.5) is 11.4 Å². The molecule has 3 aliphatic heterocycles. The molecule has 0 radical (unpaired) electrons. The molecule has 0 aliphatic carbocycles. The zero-order valence-electron chi connectivity index (χ0n) is 17.3. The lowest BCUT2D eigenvalue weighted by atomic mass is 9.80. The average molecular weight is 461 g/mol. The fourth-order valence-electron chi connectivity index (χ4n) is 5.36. The summed E-state index contributed by atoms with van der Waals surface area (Å²) >= 11 is 13.8. The third kappa shape index (κ3) is 2.49. The van der Waals surface area contributed by atoms with E-state index in [0.717, 1.165) is 23.2 Å². The van der Waals surface area contributed by atoms with E-state index in [9.17, 15) is 9.59 Å². The first kappa shape index (κ1) is 20.2. The Morgan fingerprint density at radius 3 is 2.50 bits per heavy atom. The molecule has 4 nitrogen and oxygen atoms in total. The summed E-state index contributed by atoms with van der Waals surface area (Å²) in [6.07, 6.45) is 0.871. The van der Waals surface area contributed by atoms with Crippen LogP contribution in [0.1, 0.15) is 49.8 Å². The van der Waals surface area contributed by atoms with Crippen molar-refractivity contribution in [2.45, 2.75) is 50.4 Å². The predicted octanol–water partition coefficient (Wildman–Crippen LogP) is 5.87. The normalized spacial score (nSPS) is 26.7. The zero-order chi connectivity index (χ0) is 21.6. The molecule has 2 aromatic rings. The number of halogens is 2. The maximum Gasteiger partial charge on any atom is 0.269 e. The number of thioether (sulfide) groups is 1. The van der Waals surface area contributed by atoms with Crippen molar-refractivity contribution >= 4 is 58.2 Å². The van der Waals surface area contributed by atoms with Gasteiger partial charge in [0.15, 0.2) is 0 Å². The van der Waals surface area contributed by atoms with Crippen LogP contribution in [0.3, 0.4) is 0 Å². The number of aryl methyl sites for hydroxylation is 1. The van der Waals surface area contributed by atoms with Crippen LogP contribution in [-0.2, 0) is 14.5 Å². The quantitative estimate of drug-likeness (QED) is 0.534. The monoisotopic (exact) mass is 460 g/mol. The molecule has 3 heterocycles. The van der Waals surface area contributed by atoms with Gasteiger partial charge in [-0.3, -0.25) is 14.5 Å². The summed E-state index contributed by atoms with van der Waals surface area (Å²) in [7, 11) is 0. The minimum Gasteiger partial charge on any atom is -0.303 e. The Bertz CT molecular complexity index is 1130. The molecule has 2 aromatic carbocycles. The first-order valence-electron chi connectivity index (χ1n) is 9.99. The fraction of sp³-hybridized carbons (Fsp3) is 0.391. The largest absolute Gasteiger partial charge is 0.303 e. The zero-order valence-corrected chi connectivity index (χ0v) is 19.6. The van der Waals surface area contributed by atoms with E-state index in [1.54, 1.807) is 23.1 Å². The number of amides is 2. The molecule has 0 saturated carbocycles. The molecule has 30 heavy (non-hydrogen) atoms. The molecule has 1 fully saturated rings. The highest BCUT2D eigenvalue weighted by Crippen LogP contribution is 2.61. The van der Waals surface area contributed by atoms with Gasteiger partial charge < -0.3 is 4.90 Å². The Labute approximate surface area is 190 Å². The van der Waals surface area contributed by atoms with Crippen LogP contribution in [0.15, 0.2) is 30.3 Å². The molecule has 0 N–H and O–H groups in total. The van der Waals surface area contributed by atoms with Crippen LogP contribution >= 0.6 is 35.0 Å². The lowest BCUT2D eigenvalue weighted by Gasteiger charge is -2.44. The maximum atomic E-state index is 14.2. The van der Waals surface area contributed by atoms with Crippen LogP contribution in [0.25, 0.3) is 0 Å². The summed E-state index contributed by atoms with van der Waals surface area (Å²) in [5, 5.41) is 0.777. The number of fused-ring (bicyclic) bond motifs is 1. The van der Waals surface area contributed by atoms with Crippen molar-refractivity contribution < 1.29 is 9.59 Å². The molecule has 2 atom stereocenters. The van der Waals surface area contributed by atoms with E-state index in [1.807, 2.05) is 4.90 Å². The SMILES string of the molecule is Cc1cc2c3c(c1)[C@@]1(SCC(=O)N1c1ccc(Cl)c(Cl)c1)C(=O)N3C(C)(C)C[C@H]2C. The lowest BCUT2D eigenvalue weighted by Crippen LogP contribution is -2.56. The molecule has 3 aliphatic rings. The summed E-state index contributed by atoms with van der Waals surface area (Å²) < 4.78 is 0. The first-order valence-corrected chi connectivity index (χ1v) is 11.7. The van der Waals surface area contributed by atoms with Crippen LogP contribution in [0.2, 0.25) is 10.0 Å². The average Bonchev–Trinajstić information content (AvgIpc) is 3.13. The topological polar surface area (TPSA) is 40.6 Å². The molecule has 7 heteroatoms. The van der Waals surface area contributed by atoms with Gasteiger partial charge in [0.25, 0.3) is 5.91 Å².